The first kappa shape index (κ1) is 14.1. The summed E-state index contributed by atoms with van der Waals surface area (Å²) < 4.78 is 11.1. The number of hydrogen-bond acceptors (Lipinski definition) is 5. The molecule has 2 N–H and O–H groups in total. The van der Waals surface area contributed by atoms with Gasteiger partial charge >= 0.3 is 0 Å². The normalized spacial score (nSPS) is 25.1. The number of nitrogens with two attached hydrogens (primary N) is 1. The molecule has 2 atom stereocenters. The number of hydrogen-bond donors (Lipinski definition) is 1. The molecule has 5 heteroatoms. The minimum atomic E-state index is -0.175. The molecule has 112 valence electrons. The maximum atomic E-state index is 6.18. The van der Waals surface area contributed by atoms with Crippen molar-refractivity contribution in [1.82, 2.24) is 10.1 Å². The summed E-state index contributed by atoms with van der Waals surface area (Å²) >= 11 is 0. The summed E-state index contributed by atoms with van der Waals surface area (Å²) in [6, 6.07) is 9.82. The van der Waals surface area contributed by atoms with Crippen molar-refractivity contribution in [1.29, 1.82) is 0 Å². The number of nitrogens with zero attached hydrogens (tertiary/aromatic N) is 2. The third kappa shape index (κ3) is 2.93. The van der Waals surface area contributed by atoms with Crippen LogP contribution in [0.3, 0.4) is 0 Å². The first-order valence-corrected chi connectivity index (χ1v) is 7.45. The average Bonchev–Trinajstić information content (AvgIpc) is 3.09. The molecule has 1 aromatic heterocycles. The molecule has 0 saturated heterocycles. The molecule has 0 spiro atoms. The maximum Gasteiger partial charge on any atom is 0.234 e. The smallest absolute Gasteiger partial charge is 0.234 e. The molecular formula is C16H21N3O2. The molecular weight excluding hydrogens is 266 g/mol. The number of rotatable bonds is 5. The Morgan fingerprint density at radius 1 is 1.38 bits per heavy atom. The fourth-order valence-electron chi connectivity index (χ4n) is 2.82. The average molecular weight is 287 g/mol. The van der Waals surface area contributed by atoms with Gasteiger partial charge in [-0.1, -0.05) is 29.8 Å². The zero-order valence-corrected chi connectivity index (χ0v) is 12.3. The molecule has 1 heterocycles. The van der Waals surface area contributed by atoms with E-state index < -0.39 is 0 Å². The van der Waals surface area contributed by atoms with Gasteiger partial charge < -0.3 is 15.0 Å². The monoisotopic (exact) mass is 287 g/mol. The predicted molar refractivity (Wildman–Crippen MR) is 79.1 cm³/mol. The van der Waals surface area contributed by atoms with Gasteiger partial charge in [-0.3, -0.25) is 0 Å². The van der Waals surface area contributed by atoms with E-state index in [0.29, 0.717) is 24.7 Å². The first-order chi connectivity index (χ1) is 10.2. The van der Waals surface area contributed by atoms with E-state index >= 15 is 0 Å². The van der Waals surface area contributed by atoms with Gasteiger partial charge in [0, 0.05) is 12.5 Å². The van der Waals surface area contributed by atoms with E-state index in [-0.39, 0.29) is 11.5 Å². The van der Waals surface area contributed by atoms with Crippen LogP contribution >= 0.6 is 0 Å². The largest absolute Gasteiger partial charge is 0.493 e. The highest BCUT2D eigenvalue weighted by atomic mass is 16.5. The second-order valence-corrected chi connectivity index (χ2v) is 5.84. The lowest BCUT2D eigenvalue weighted by atomic mass is 9.85. The summed E-state index contributed by atoms with van der Waals surface area (Å²) in [7, 11) is 0. The van der Waals surface area contributed by atoms with E-state index in [0.717, 1.165) is 25.0 Å². The van der Waals surface area contributed by atoms with E-state index in [1.165, 1.54) is 0 Å². The van der Waals surface area contributed by atoms with Crippen LogP contribution in [-0.4, -0.2) is 22.8 Å². The Morgan fingerprint density at radius 2 is 2.19 bits per heavy atom. The second-order valence-electron chi connectivity index (χ2n) is 5.84. The van der Waals surface area contributed by atoms with E-state index in [1.54, 1.807) is 0 Å². The highest BCUT2D eigenvalue weighted by Crippen LogP contribution is 2.38. The standard InChI is InChI=1S/C16H21N3O2/c1-16(10-5-8-13(16)17)15-18-14(19-21-15)9-11-20-12-6-3-2-4-7-12/h2-4,6-7,13H,5,8-11,17H2,1H3. The van der Waals surface area contributed by atoms with Crippen LogP contribution < -0.4 is 10.5 Å². The summed E-state index contributed by atoms with van der Waals surface area (Å²) in [6.07, 6.45) is 3.78. The summed E-state index contributed by atoms with van der Waals surface area (Å²) in [5.41, 5.74) is 6.00. The van der Waals surface area contributed by atoms with Crippen molar-refractivity contribution in [2.24, 2.45) is 5.73 Å². The molecule has 3 rings (SSSR count). The van der Waals surface area contributed by atoms with Crippen molar-refractivity contribution >= 4 is 0 Å². The van der Waals surface area contributed by atoms with Gasteiger partial charge in [0.05, 0.1) is 12.0 Å². The van der Waals surface area contributed by atoms with Gasteiger partial charge in [-0.2, -0.15) is 4.98 Å². The highest BCUT2D eigenvalue weighted by molar-refractivity contribution is 5.21. The van der Waals surface area contributed by atoms with Gasteiger partial charge in [0.15, 0.2) is 5.82 Å². The lowest BCUT2D eigenvalue weighted by Crippen LogP contribution is -2.38. The molecule has 1 fully saturated rings. The van der Waals surface area contributed by atoms with E-state index in [2.05, 4.69) is 17.1 Å². The molecule has 5 nitrogen and oxygen atoms in total. The quantitative estimate of drug-likeness (QED) is 0.914. The zero-order valence-electron chi connectivity index (χ0n) is 12.3. The van der Waals surface area contributed by atoms with Crippen LogP contribution in [0.5, 0.6) is 5.75 Å². The second kappa shape index (κ2) is 5.85. The molecule has 0 bridgehead atoms. The van der Waals surface area contributed by atoms with Crippen LogP contribution in [0.4, 0.5) is 0 Å². The van der Waals surface area contributed by atoms with E-state index in [1.807, 2.05) is 30.3 Å². The first-order valence-electron chi connectivity index (χ1n) is 7.45. The molecule has 2 unspecified atom stereocenters. The van der Waals surface area contributed by atoms with Crippen LogP contribution in [0, 0.1) is 0 Å². The predicted octanol–water partition coefficient (Wildman–Crippen LogP) is 2.46. The molecule has 1 aromatic carbocycles. The molecule has 1 aliphatic carbocycles. The minimum Gasteiger partial charge on any atom is -0.493 e. The van der Waals surface area contributed by atoms with Crippen LogP contribution in [-0.2, 0) is 11.8 Å². The van der Waals surface area contributed by atoms with Gasteiger partial charge in [0.25, 0.3) is 0 Å². The summed E-state index contributed by atoms with van der Waals surface area (Å²) in [5.74, 6) is 2.20. The Bertz CT molecular complexity index is 584. The van der Waals surface area contributed by atoms with Crippen molar-refractivity contribution < 1.29 is 9.26 Å². The Morgan fingerprint density at radius 3 is 2.90 bits per heavy atom. The van der Waals surface area contributed by atoms with Gasteiger partial charge in [-0.05, 0) is 31.9 Å². The van der Waals surface area contributed by atoms with Crippen LogP contribution in [0.25, 0.3) is 0 Å². The third-order valence-corrected chi connectivity index (χ3v) is 4.32. The number of ether oxygens (including phenoxy) is 1. The number of aromatic nitrogens is 2. The number of para-hydroxylation sites is 1. The third-order valence-electron chi connectivity index (χ3n) is 4.32. The molecule has 0 radical (unpaired) electrons. The Kier molecular flexibility index (Phi) is 3.92. The molecule has 0 aliphatic heterocycles. The highest BCUT2D eigenvalue weighted by Gasteiger charge is 2.42. The van der Waals surface area contributed by atoms with Crippen LogP contribution in [0.2, 0.25) is 0 Å². The lowest BCUT2D eigenvalue weighted by molar-refractivity contribution is 0.274. The molecule has 2 aromatic rings. The Labute approximate surface area is 124 Å². The molecule has 21 heavy (non-hydrogen) atoms. The molecule has 0 amide bonds. The van der Waals surface area contributed by atoms with Crippen molar-refractivity contribution in [3.8, 4) is 5.75 Å². The molecule has 1 saturated carbocycles. The fourth-order valence-corrected chi connectivity index (χ4v) is 2.82. The Balaban J connectivity index is 1.58. The summed E-state index contributed by atoms with van der Waals surface area (Å²) in [4.78, 5) is 4.51. The maximum absolute atomic E-state index is 6.18. The van der Waals surface area contributed by atoms with E-state index in [9.17, 15) is 0 Å². The van der Waals surface area contributed by atoms with Crippen LogP contribution in [0.1, 0.15) is 37.9 Å². The lowest BCUT2D eigenvalue weighted by Gasteiger charge is -2.23. The number of benzene rings is 1. The van der Waals surface area contributed by atoms with Gasteiger partial charge in [-0.25, -0.2) is 0 Å². The van der Waals surface area contributed by atoms with Gasteiger partial charge in [0.2, 0.25) is 5.89 Å². The SMILES string of the molecule is CC1(c2nc(CCOc3ccccc3)no2)CCCC1N. The van der Waals surface area contributed by atoms with Crippen molar-refractivity contribution in [3.63, 3.8) is 0 Å². The zero-order chi connectivity index (χ0) is 14.7. The van der Waals surface area contributed by atoms with E-state index in [4.69, 9.17) is 15.0 Å². The van der Waals surface area contributed by atoms with Gasteiger partial charge in [0.1, 0.15) is 5.75 Å². The topological polar surface area (TPSA) is 74.2 Å². The van der Waals surface area contributed by atoms with Gasteiger partial charge in [-0.15, -0.1) is 0 Å². The Hall–Kier alpha value is -1.88. The minimum absolute atomic E-state index is 0.103. The molecule has 1 aliphatic rings. The fraction of sp³-hybridized carbons (Fsp3) is 0.500. The van der Waals surface area contributed by atoms with Crippen LogP contribution in [0.15, 0.2) is 34.9 Å². The summed E-state index contributed by atoms with van der Waals surface area (Å²) in [6.45, 7) is 2.65. The summed E-state index contributed by atoms with van der Waals surface area (Å²) in [5, 5.41) is 4.05. The van der Waals surface area contributed by atoms with Crippen molar-refractivity contribution in [2.45, 2.75) is 44.1 Å². The van der Waals surface area contributed by atoms with Crippen molar-refractivity contribution in [2.75, 3.05) is 6.61 Å². The van der Waals surface area contributed by atoms with Crippen molar-refractivity contribution in [3.05, 3.63) is 42.0 Å².